The summed E-state index contributed by atoms with van der Waals surface area (Å²) in [5, 5.41) is 3.63. The van der Waals surface area contributed by atoms with E-state index in [2.05, 4.69) is 17.4 Å². The van der Waals surface area contributed by atoms with E-state index in [9.17, 15) is 4.21 Å². The summed E-state index contributed by atoms with van der Waals surface area (Å²) in [6, 6.07) is 16.6. The second kappa shape index (κ2) is 7.07. The van der Waals surface area contributed by atoms with Gasteiger partial charge >= 0.3 is 0 Å². The SMILES string of the molecule is C[S@@](=O)c1ccc(CN[C@@H]2CCCOc3ccccc32)cc1. The number of fused-ring (bicyclic) bond motifs is 1. The van der Waals surface area contributed by atoms with Crippen LogP contribution in [0.1, 0.15) is 30.0 Å². The van der Waals surface area contributed by atoms with Crippen LogP contribution in [0.3, 0.4) is 0 Å². The van der Waals surface area contributed by atoms with Gasteiger partial charge in [-0.3, -0.25) is 4.21 Å². The van der Waals surface area contributed by atoms with Crippen molar-refractivity contribution in [3.05, 3.63) is 59.7 Å². The Labute approximate surface area is 134 Å². The minimum absolute atomic E-state index is 0.318. The van der Waals surface area contributed by atoms with Gasteiger partial charge in [-0.25, -0.2) is 0 Å². The van der Waals surface area contributed by atoms with Gasteiger partial charge in [0.25, 0.3) is 0 Å². The van der Waals surface area contributed by atoms with Crippen LogP contribution in [-0.2, 0) is 17.3 Å². The first-order valence-electron chi connectivity index (χ1n) is 7.61. The summed E-state index contributed by atoms with van der Waals surface area (Å²) >= 11 is 0. The van der Waals surface area contributed by atoms with E-state index in [1.165, 1.54) is 11.1 Å². The maximum Gasteiger partial charge on any atom is 0.124 e. The zero-order valence-electron chi connectivity index (χ0n) is 12.7. The number of hydrogen-bond donors (Lipinski definition) is 1. The van der Waals surface area contributed by atoms with Crippen molar-refractivity contribution >= 4 is 10.8 Å². The molecule has 0 aromatic heterocycles. The average molecular weight is 315 g/mol. The number of rotatable bonds is 4. The first kappa shape index (κ1) is 15.3. The summed E-state index contributed by atoms with van der Waals surface area (Å²) in [6.45, 7) is 1.59. The van der Waals surface area contributed by atoms with Crippen molar-refractivity contribution in [3.63, 3.8) is 0 Å². The van der Waals surface area contributed by atoms with E-state index < -0.39 is 10.8 Å². The zero-order valence-corrected chi connectivity index (χ0v) is 13.6. The van der Waals surface area contributed by atoms with E-state index in [1.54, 1.807) is 6.26 Å². The maximum atomic E-state index is 11.4. The molecule has 0 spiro atoms. The summed E-state index contributed by atoms with van der Waals surface area (Å²) in [6.07, 6.45) is 3.84. The van der Waals surface area contributed by atoms with Crippen molar-refractivity contribution in [2.24, 2.45) is 0 Å². The molecule has 0 radical (unpaired) electrons. The van der Waals surface area contributed by atoms with E-state index in [1.807, 2.05) is 36.4 Å². The van der Waals surface area contributed by atoms with Gasteiger partial charge in [0.1, 0.15) is 5.75 Å². The van der Waals surface area contributed by atoms with Crippen molar-refractivity contribution in [1.29, 1.82) is 0 Å². The molecule has 3 nitrogen and oxygen atoms in total. The molecule has 2 atom stereocenters. The van der Waals surface area contributed by atoms with Crippen LogP contribution < -0.4 is 10.1 Å². The van der Waals surface area contributed by atoms with Gasteiger partial charge < -0.3 is 10.1 Å². The third-order valence-corrected chi connectivity index (χ3v) is 4.93. The highest BCUT2D eigenvalue weighted by molar-refractivity contribution is 7.84. The van der Waals surface area contributed by atoms with E-state index in [0.717, 1.165) is 36.6 Å². The standard InChI is InChI=1S/C18H21NO2S/c1-22(20)15-10-8-14(9-11-15)13-19-17-6-4-12-21-18-7-3-2-5-16(17)18/h2-3,5,7-11,17,19H,4,6,12-13H2,1H3/t17-,22-/m1/s1. The lowest BCUT2D eigenvalue weighted by atomic mass is 10.0. The van der Waals surface area contributed by atoms with E-state index in [0.29, 0.717) is 6.04 Å². The van der Waals surface area contributed by atoms with Crippen LogP contribution in [0.25, 0.3) is 0 Å². The predicted molar refractivity (Wildman–Crippen MR) is 89.5 cm³/mol. The second-order valence-corrected chi connectivity index (χ2v) is 6.94. The van der Waals surface area contributed by atoms with Gasteiger partial charge in [0.15, 0.2) is 0 Å². The third-order valence-electron chi connectivity index (χ3n) is 4.00. The van der Waals surface area contributed by atoms with Crippen LogP contribution >= 0.6 is 0 Å². The Balaban J connectivity index is 1.69. The van der Waals surface area contributed by atoms with E-state index >= 15 is 0 Å². The molecule has 0 unspecified atom stereocenters. The molecule has 1 heterocycles. The fraction of sp³-hybridized carbons (Fsp3) is 0.333. The normalized spacial score (nSPS) is 18.9. The highest BCUT2D eigenvalue weighted by Gasteiger charge is 2.18. The lowest BCUT2D eigenvalue weighted by Crippen LogP contribution is -2.20. The first-order chi connectivity index (χ1) is 10.7. The van der Waals surface area contributed by atoms with Crippen LogP contribution in [0.15, 0.2) is 53.4 Å². The lowest BCUT2D eigenvalue weighted by Gasteiger charge is -2.18. The topological polar surface area (TPSA) is 38.3 Å². The molecule has 0 saturated carbocycles. The number of ether oxygens (including phenoxy) is 1. The molecular formula is C18H21NO2S. The quantitative estimate of drug-likeness (QED) is 0.939. The molecule has 1 N–H and O–H groups in total. The van der Waals surface area contributed by atoms with Crippen LogP contribution in [0, 0.1) is 0 Å². The summed E-state index contributed by atoms with van der Waals surface area (Å²) in [5.41, 5.74) is 2.45. The molecule has 0 fully saturated rings. The van der Waals surface area contributed by atoms with E-state index in [-0.39, 0.29) is 0 Å². The molecule has 0 bridgehead atoms. The first-order valence-corrected chi connectivity index (χ1v) is 9.17. The van der Waals surface area contributed by atoms with Gasteiger partial charge in [-0.05, 0) is 36.6 Å². The van der Waals surface area contributed by atoms with Crippen LogP contribution in [0.4, 0.5) is 0 Å². The molecular weight excluding hydrogens is 294 g/mol. The molecule has 22 heavy (non-hydrogen) atoms. The molecule has 1 aliphatic rings. The molecule has 116 valence electrons. The second-order valence-electron chi connectivity index (χ2n) is 5.56. The third kappa shape index (κ3) is 3.57. The predicted octanol–water partition coefficient (Wildman–Crippen LogP) is 3.43. The summed E-state index contributed by atoms with van der Waals surface area (Å²) < 4.78 is 17.2. The minimum Gasteiger partial charge on any atom is -0.493 e. The number of nitrogens with one attached hydrogen (secondary N) is 1. The highest BCUT2D eigenvalue weighted by atomic mass is 32.2. The van der Waals surface area contributed by atoms with Crippen molar-refractivity contribution < 1.29 is 8.95 Å². The Bertz CT molecular complexity index is 654. The largest absolute Gasteiger partial charge is 0.493 e. The minimum atomic E-state index is -0.914. The smallest absolute Gasteiger partial charge is 0.124 e. The van der Waals surface area contributed by atoms with Gasteiger partial charge in [-0.1, -0.05) is 30.3 Å². The van der Waals surface area contributed by atoms with E-state index in [4.69, 9.17) is 4.74 Å². The van der Waals surface area contributed by atoms with Crippen molar-refractivity contribution in [2.75, 3.05) is 12.9 Å². The number of hydrogen-bond acceptors (Lipinski definition) is 3. The highest BCUT2D eigenvalue weighted by Crippen LogP contribution is 2.31. The lowest BCUT2D eigenvalue weighted by molar-refractivity contribution is 0.315. The molecule has 2 aromatic rings. The Morgan fingerprint density at radius 1 is 1.18 bits per heavy atom. The molecule has 0 saturated heterocycles. The molecule has 3 rings (SSSR count). The van der Waals surface area contributed by atoms with Crippen LogP contribution in [0.5, 0.6) is 5.75 Å². The monoisotopic (exact) mass is 315 g/mol. The van der Waals surface area contributed by atoms with Gasteiger partial charge in [0.2, 0.25) is 0 Å². The summed E-state index contributed by atoms with van der Waals surface area (Å²) in [5.74, 6) is 0.995. The van der Waals surface area contributed by atoms with Crippen molar-refractivity contribution in [1.82, 2.24) is 5.32 Å². The average Bonchev–Trinajstić information content (AvgIpc) is 2.75. The van der Waals surface area contributed by atoms with Gasteiger partial charge in [-0.2, -0.15) is 0 Å². The fourth-order valence-corrected chi connectivity index (χ4v) is 3.30. The number of benzene rings is 2. The Kier molecular flexibility index (Phi) is 4.90. The van der Waals surface area contributed by atoms with Crippen molar-refractivity contribution in [3.8, 4) is 5.75 Å². The molecule has 0 aliphatic carbocycles. The van der Waals surface area contributed by atoms with Crippen LogP contribution in [0.2, 0.25) is 0 Å². The van der Waals surface area contributed by atoms with Gasteiger partial charge in [0, 0.05) is 40.1 Å². The Morgan fingerprint density at radius 2 is 1.95 bits per heavy atom. The molecule has 1 aliphatic heterocycles. The molecule has 0 amide bonds. The zero-order chi connectivity index (χ0) is 15.4. The maximum absolute atomic E-state index is 11.4. The molecule has 2 aromatic carbocycles. The van der Waals surface area contributed by atoms with Crippen LogP contribution in [-0.4, -0.2) is 17.1 Å². The van der Waals surface area contributed by atoms with Gasteiger partial charge in [-0.15, -0.1) is 0 Å². The number of para-hydroxylation sites is 1. The Morgan fingerprint density at radius 3 is 2.73 bits per heavy atom. The Hall–Kier alpha value is -1.65. The fourth-order valence-electron chi connectivity index (χ4n) is 2.78. The summed E-state index contributed by atoms with van der Waals surface area (Å²) in [7, 11) is -0.914. The summed E-state index contributed by atoms with van der Waals surface area (Å²) in [4.78, 5) is 0.872. The molecule has 4 heteroatoms. The van der Waals surface area contributed by atoms with Crippen molar-refractivity contribution in [2.45, 2.75) is 30.3 Å². The van der Waals surface area contributed by atoms with Gasteiger partial charge in [0.05, 0.1) is 6.61 Å².